The molecular formula is C36H34F5N7O7. The van der Waals surface area contributed by atoms with Gasteiger partial charge in [-0.25, -0.2) is 23.5 Å². The number of carbonyl (C=O) groups is 5. The van der Waals surface area contributed by atoms with Gasteiger partial charge in [-0.1, -0.05) is 25.3 Å². The fraction of sp³-hybridized carbons (Fsp3) is 0.361. The number of hydrogen-bond acceptors (Lipinski definition) is 10. The number of piperidine rings is 1. The summed E-state index contributed by atoms with van der Waals surface area (Å²) < 4.78 is 80.6. The molecule has 2 aromatic carbocycles. The number of fused-ring (bicyclic) bond motifs is 2. The fourth-order valence-electron chi connectivity index (χ4n) is 6.36. The van der Waals surface area contributed by atoms with E-state index in [9.17, 15) is 45.9 Å². The molecule has 0 bridgehead atoms. The third-order valence-electron chi connectivity index (χ3n) is 9.06. The lowest BCUT2D eigenvalue weighted by Crippen LogP contribution is -2.54. The molecule has 55 heavy (non-hydrogen) atoms. The molecule has 1 fully saturated rings. The van der Waals surface area contributed by atoms with Crippen molar-refractivity contribution in [1.82, 2.24) is 25.5 Å². The molecule has 0 saturated carbocycles. The van der Waals surface area contributed by atoms with Crippen molar-refractivity contribution in [1.29, 1.82) is 0 Å². The highest BCUT2D eigenvalue weighted by atomic mass is 19.4. The van der Waals surface area contributed by atoms with Gasteiger partial charge in [0.15, 0.2) is 17.4 Å². The van der Waals surface area contributed by atoms with Crippen molar-refractivity contribution < 1.29 is 55.1 Å². The zero-order valence-corrected chi connectivity index (χ0v) is 29.1. The Balaban J connectivity index is 0.899. The van der Waals surface area contributed by atoms with Gasteiger partial charge in [-0.2, -0.15) is 13.2 Å². The number of anilines is 2. The topological polar surface area (TPSA) is 185 Å². The first-order chi connectivity index (χ1) is 26.2. The molecule has 6 rings (SSSR count). The number of urea groups is 1. The monoisotopic (exact) mass is 771 g/mol. The molecule has 2 aliphatic rings. The molecule has 6 amide bonds. The lowest BCUT2D eigenvalue weighted by atomic mass is 10.0. The van der Waals surface area contributed by atoms with Gasteiger partial charge in [-0.05, 0) is 44.4 Å². The number of amides is 6. The van der Waals surface area contributed by atoms with Crippen LogP contribution in [0.1, 0.15) is 83.0 Å². The van der Waals surface area contributed by atoms with Gasteiger partial charge in [0, 0.05) is 30.0 Å². The lowest BCUT2D eigenvalue weighted by Gasteiger charge is -2.27. The molecule has 14 nitrogen and oxygen atoms in total. The van der Waals surface area contributed by atoms with E-state index in [1.807, 2.05) is 0 Å². The standard InChI is InChI=1S/C36H34F5N7O7/c1-18-22-14-19(37)15-23(38)29(22)55-28(18)30(36(39,40)41)47-35(53)45-20-16-43-34(44-17-20)42-12-5-3-2-4-6-13-54-25-9-7-8-21-27(25)33(52)48(32(21)51)24-10-11-26(49)46-31(24)50/h7-9,14-17,24,30H,2-6,10-13H2,1H3,(H,42,43,44)(H2,45,47,53)(H,46,49,50)/t24?,30-/m1/s1. The van der Waals surface area contributed by atoms with E-state index in [1.54, 1.807) is 17.4 Å². The first-order valence-electron chi connectivity index (χ1n) is 17.3. The molecule has 19 heteroatoms. The molecule has 2 aliphatic heterocycles. The second-order valence-electron chi connectivity index (χ2n) is 12.9. The maximum Gasteiger partial charge on any atom is 0.416 e. The number of imide groups is 2. The molecule has 4 aromatic rings. The Morgan fingerprint density at radius 1 is 1.04 bits per heavy atom. The number of aromatic nitrogens is 2. The van der Waals surface area contributed by atoms with Crippen molar-refractivity contribution in [2.75, 3.05) is 23.8 Å². The number of nitrogens with one attached hydrogen (secondary N) is 4. The maximum atomic E-state index is 14.1. The van der Waals surface area contributed by atoms with Crippen LogP contribution >= 0.6 is 0 Å². The predicted octanol–water partition coefficient (Wildman–Crippen LogP) is 6.08. The second-order valence-corrected chi connectivity index (χ2v) is 12.9. The number of furan rings is 1. The number of carbonyl (C=O) groups excluding carboxylic acids is 5. The van der Waals surface area contributed by atoms with Gasteiger partial charge in [-0.15, -0.1) is 0 Å². The highest BCUT2D eigenvalue weighted by Crippen LogP contribution is 2.39. The summed E-state index contributed by atoms with van der Waals surface area (Å²) in [6.07, 6.45) is 1.36. The first kappa shape index (κ1) is 38.6. The van der Waals surface area contributed by atoms with E-state index in [4.69, 9.17) is 9.15 Å². The van der Waals surface area contributed by atoms with E-state index < -0.39 is 70.9 Å². The normalized spacial score (nSPS) is 16.3. The molecule has 290 valence electrons. The summed E-state index contributed by atoms with van der Waals surface area (Å²) in [5, 5.41) is 8.96. The number of aryl methyl sites for hydroxylation is 1. The van der Waals surface area contributed by atoms with Crippen molar-refractivity contribution in [2.24, 2.45) is 0 Å². The van der Waals surface area contributed by atoms with E-state index in [0.717, 1.165) is 36.6 Å². The van der Waals surface area contributed by atoms with Crippen LogP contribution in [0.15, 0.2) is 47.1 Å². The van der Waals surface area contributed by atoms with Crippen LogP contribution in [-0.4, -0.2) is 69.9 Å². The number of unbranched alkanes of at least 4 members (excludes halogenated alkanes) is 4. The Bertz CT molecular complexity index is 2140. The van der Waals surface area contributed by atoms with E-state index in [1.165, 1.54) is 25.4 Å². The van der Waals surface area contributed by atoms with Crippen LogP contribution in [0.25, 0.3) is 11.0 Å². The van der Waals surface area contributed by atoms with E-state index in [2.05, 4.69) is 25.9 Å². The third kappa shape index (κ3) is 8.49. The SMILES string of the molecule is Cc1c([C@@H](NC(=O)Nc2cnc(NCCCCCCCOc3cccc4c3C(=O)N(C3CCC(=O)NC3=O)C4=O)nc2)C(F)(F)F)oc2c(F)cc(F)cc12. The van der Waals surface area contributed by atoms with Crippen molar-refractivity contribution in [2.45, 2.75) is 70.1 Å². The number of benzene rings is 2. The zero-order valence-electron chi connectivity index (χ0n) is 29.1. The number of hydrogen-bond donors (Lipinski definition) is 4. The Morgan fingerprint density at radius 3 is 2.49 bits per heavy atom. The van der Waals surface area contributed by atoms with Crippen LogP contribution in [-0.2, 0) is 9.59 Å². The van der Waals surface area contributed by atoms with Gasteiger partial charge in [0.25, 0.3) is 11.8 Å². The van der Waals surface area contributed by atoms with E-state index in [-0.39, 0.29) is 52.3 Å². The summed E-state index contributed by atoms with van der Waals surface area (Å²) in [5.41, 5.74) is -0.522. The molecule has 4 N–H and O–H groups in total. The number of ether oxygens (including phenoxy) is 1. The third-order valence-corrected chi connectivity index (χ3v) is 9.06. The Hall–Kier alpha value is -6.14. The van der Waals surface area contributed by atoms with Gasteiger partial charge in [0.1, 0.15) is 23.4 Å². The van der Waals surface area contributed by atoms with Crippen molar-refractivity contribution in [3.05, 3.63) is 76.8 Å². The van der Waals surface area contributed by atoms with Gasteiger partial charge in [0.2, 0.25) is 17.8 Å². The molecule has 1 unspecified atom stereocenters. The average molecular weight is 772 g/mol. The van der Waals surface area contributed by atoms with Crippen molar-refractivity contribution in [3.63, 3.8) is 0 Å². The predicted molar refractivity (Wildman–Crippen MR) is 184 cm³/mol. The molecule has 0 aliphatic carbocycles. The Kier molecular flexibility index (Phi) is 11.3. The summed E-state index contributed by atoms with van der Waals surface area (Å²) in [5.74, 6) is -4.89. The van der Waals surface area contributed by atoms with Crippen LogP contribution < -0.4 is 26.0 Å². The minimum Gasteiger partial charge on any atom is -0.493 e. The number of alkyl halides is 3. The summed E-state index contributed by atoms with van der Waals surface area (Å²) in [7, 11) is 0. The fourth-order valence-corrected chi connectivity index (χ4v) is 6.36. The molecule has 2 aromatic heterocycles. The Labute approximate surface area is 309 Å². The number of halogens is 5. The average Bonchev–Trinajstić information content (AvgIpc) is 3.59. The largest absolute Gasteiger partial charge is 0.493 e. The quantitative estimate of drug-likeness (QED) is 0.0666. The van der Waals surface area contributed by atoms with Gasteiger partial charge in [0.05, 0.1) is 35.8 Å². The van der Waals surface area contributed by atoms with Gasteiger partial charge >= 0.3 is 12.2 Å². The van der Waals surface area contributed by atoms with Gasteiger partial charge in [-0.3, -0.25) is 29.4 Å². The summed E-state index contributed by atoms with van der Waals surface area (Å²) >= 11 is 0. The summed E-state index contributed by atoms with van der Waals surface area (Å²) in [6, 6.07) is 1.01. The molecular weight excluding hydrogens is 737 g/mol. The van der Waals surface area contributed by atoms with Gasteiger partial charge < -0.3 is 25.1 Å². The number of nitrogens with zero attached hydrogens (tertiary/aromatic N) is 3. The summed E-state index contributed by atoms with van der Waals surface area (Å²) in [4.78, 5) is 71.5. The molecule has 2 atom stereocenters. The highest BCUT2D eigenvalue weighted by molar-refractivity contribution is 6.24. The molecule has 0 spiro atoms. The van der Waals surface area contributed by atoms with Crippen LogP contribution in [0, 0.1) is 18.6 Å². The summed E-state index contributed by atoms with van der Waals surface area (Å²) in [6.45, 7) is 2.00. The highest BCUT2D eigenvalue weighted by Gasteiger charge is 2.47. The van der Waals surface area contributed by atoms with Crippen molar-refractivity contribution >= 4 is 52.3 Å². The maximum absolute atomic E-state index is 14.1. The van der Waals surface area contributed by atoms with Crippen LogP contribution in [0.3, 0.4) is 0 Å². The van der Waals surface area contributed by atoms with Crippen molar-refractivity contribution in [3.8, 4) is 5.75 Å². The zero-order chi connectivity index (χ0) is 39.4. The van der Waals surface area contributed by atoms with E-state index >= 15 is 0 Å². The molecule has 1 saturated heterocycles. The second kappa shape index (κ2) is 16.1. The molecule has 0 radical (unpaired) electrons. The van der Waals surface area contributed by atoms with Crippen LogP contribution in [0.4, 0.5) is 38.4 Å². The minimum atomic E-state index is -5.04. The first-order valence-corrected chi connectivity index (χ1v) is 17.3. The smallest absolute Gasteiger partial charge is 0.416 e. The van der Waals surface area contributed by atoms with E-state index in [0.29, 0.717) is 25.6 Å². The minimum absolute atomic E-state index is 0.0105. The van der Waals surface area contributed by atoms with Crippen LogP contribution in [0.5, 0.6) is 5.75 Å². The van der Waals surface area contributed by atoms with Crippen LogP contribution in [0.2, 0.25) is 0 Å². The Morgan fingerprint density at radius 2 is 1.76 bits per heavy atom. The lowest BCUT2D eigenvalue weighted by molar-refractivity contribution is -0.158. The molecule has 4 heterocycles. The number of rotatable bonds is 14.